The van der Waals surface area contributed by atoms with Gasteiger partial charge in [-0.1, -0.05) is 136 Å². The largest absolute Gasteiger partial charge is 0.378 e. The first kappa shape index (κ1) is 29.0. The van der Waals surface area contributed by atoms with E-state index < -0.39 is 0 Å². The number of hydrogen-bond donors (Lipinski definition) is 0. The van der Waals surface area contributed by atoms with E-state index in [1.165, 1.54) is 89.2 Å². The standard InChI is InChI=1S/C42H45N/c1-5-16-31(17-6-2)36(32-22-25-35(26-23-32)43(3)4)27-24-34-30-33-18-10-11-19-37(33)40-38-20-12-13-21-39(38)42(41(34)40)28-14-8-7-9-15-29-42/h5-6,10-13,16-27,30,36H,1,7-9,14-15,28-29H2,2-4H3/b17-6-,27-24-,31-16+. The highest BCUT2D eigenvalue weighted by Gasteiger charge is 2.44. The van der Waals surface area contributed by atoms with Crippen LogP contribution in [0.4, 0.5) is 5.69 Å². The molecule has 0 amide bonds. The lowest BCUT2D eigenvalue weighted by Crippen LogP contribution is -2.27. The summed E-state index contributed by atoms with van der Waals surface area (Å²) in [5.74, 6) is 0.115. The molecule has 43 heavy (non-hydrogen) atoms. The molecule has 0 saturated heterocycles. The van der Waals surface area contributed by atoms with E-state index in [4.69, 9.17) is 0 Å². The zero-order valence-electron chi connectivity index (χ0n) is 26.2. The predicted octanol–water partition coefficient (Wildman–Crippen LogP) is 11.4. The highest BCUT2D eigenvalue weighted by molar-refractivity contribution is 6.04. The van der Waals surface area contributed by atoms with Gasteiger partial charge in [-0.25, -0.2) is 0 Å². The minimum absolute atomic E-state index is 0.0714. The Kier molecular flexibility index (Phi) is 8.52. The lowest BCUT2D eigenvalue weighted by Gasteiger charge is -2.35. The van der Waals surface area contributed by atoms with E-state index in [-0.39, 0.29) is 11.3 Å². The van der Waals surface area contributed by atoms with Crippen molar-refractivity contribution in [2.24, 2.45) is 0 Å². The summed E-state index contributed by atoms with van der Waals surface area (Å²) in [5.41, 5.74) is 11.2. The van der Waals surface area contributed by atoms with Gasteiger partial charge in [0.05, 0.1) is 0 Å². The number of rotatable bonds is 7. The summed E-state index contributed by atoms with van der Waals surface area (Å²) in [4.78, 5) is 2.16. The van der Waals surface area contributed by atoms with Gasteiger partial charge >= 0.3 is 0 Å². The second kappa shape index (κ2) is 12.6. The van der Waals surface area contributed by atoms with Gasteiger partial charge in [0.15, 0.2) is 0 Å². The Balaban J connectivity index is 1.57. The van der Waals surface area contributed by atoms with Crippen molar-refractivity contribution in [1.82, 2.24) is 0 Å². The summed E-state index contributed by atoms with van der Waals surface area (Å²) in [5, 5.41) is 2.71. The van der Waals surface area contributed by atoms with Crippen LogP contribution in [0, 0.1) is 0 Å². The first-order valence-electron chi connectivity index (χ1n) is 16.1. The van der Waals surface area contributed by atoms with Crippen molar-refractivity contribution in [2.45, 2.75) is 63.2 Å². The fourth-order valence-corrected chi connectivity index (χ4v) is 7.76. The van der Waals surface area contributed by atoms with Gasteiger partial charge in [-0.3, -0.25) is 0 Å². The first-order chi connectivity index (χ1) is 21.1. The van der Waals surface area contributed by atoms with Crippen LogP contribution in [0.1, 0.15) is 80.0 Å². The molecule has 6 rings (SSSR count). The molecule has 1 spiro atoms. The molecule has 1 unspecified atom stereocenters. The second-order valence-corrected chi connectivity index (χ2v) is 12.6. The number of benzene rings is 4. The molecule has 1 atom stereocenters. The molecule has 0 bridgehead atoms. The summed E-state index contributed by atoms with van der Waals surface area (Å²) >= 11 is 0. The molecule has 4 aromatic rings. The van der Waals surface area contributed by atoms with E-state index in [9.17, 15) is 0 Å². The van der Waals surface area contributed by atoms with Gasteiger partial charge in [0.2, 0.25) is 0 Å². The zero-order chi connectivity index (χ0) is 29.8. The number of nitrogens with zero attached hydrogens (tertiary/aromatic N) is 1. The molecule has 0 aliphatic heterocycles. The van der Waals surface area contributed by atoms with Crippen LogP contribution in [0.5, 0.6) is 0 Å². The second-order valence-electron chi connectivity index (χ2n) is 12.6. The van der Waals surface area contributed by atoms with E-state index in [2.05, 4.69) is 142 Å². The van der Waals surface area contributed by atoms with Gasteiger partial charge in [-0.2, -0.15) is 0 Å². The van der Waals surface area contributed by atoms with Crippen LogP contribution in [0.25, 0.3) is 28.0 Å². The quantitative estimate of drug-likeness (QED) is 0.202. The predicted molar refractivity (Wildman–Crippen MR) is 188 cm³/mol. The van der Waals surface area contributed by atoms with Crippen molar-refractivity contribution < 1.29 is 0 Å². The first-order valence-corrected chi connectivity index (χ1v) is 16.1. The topological polar surface area (TPSA) is 3.24 Å². The van der Waals surface area contributed by atoms with E-state index in [0.717, 1.165) is 0 Å². The minimum atomic E-state index is 0.0714. The van der Waals surface area contributed by atoms with Crippen LogP contribution >= 0.6 is 0 Å². The smallest absolute Gasteiger partial charge is 0.0361 e. The lowest BCUT2D eigenvalue weighted by atomic mass is 9.68. The van der Waals surface area contributed by atoms with Crippen LogP contribution in [0.2, 0.25) is 0 Å². The molecule has 0 N–H and O–H groups in total. The fraction of sp³-hybridized carbons (Fsp3) is 0.286. The number of anilines is 1. The van der Waals surface area contributed by atoms with Crippen molar-refractivity contribution >= 4 is 22.5 Å². The van der Waals surface area contributed by atoms with Crippen molar-refractivity contribution in [2.75, 3.05) is 19.0 Å². The summed E-state index contributed by atoms with van der Waals surface area (Å²) in [7, 11) is 4.19. The van der Waals surface area contributed by atoms with Crippen LogP contribution < -0.4 is 4.90 Å². The SMILES string of the molecule is C=C/C=C(\C=C/C)C(/C=C\c1cc2ccccc2c2c1C1(CCCCCCC1)c1ccccc1-2)c1ccc(N(C)C)cc1. The molecule has 1 nitrogen and oxygen atoms in total. The molecule has 1 saturated carbocycles. The molecular formula is C42H45N. The molecule has 4 aromatic carbocycles. The van der Waals surface area contributed by atoms with Crippen molar-refractivity contribution in [3.8, 4) is 11.1 Å². The van der Waals surface area contributed by atoms with Gasteiger partial charge in [0.1, 0.15) is 0 Å². The monoisotopic (exact) mass is 563 g/mol. The molecule has 2 aliphatic carbocycles. The Morgan fingerprint density at radius 3 is 2.28 bits per heavy atom. The van der Waals surface area contributed by atoms with E-state index in [1.807, 2.05) is 6.08 Å². The van der Waals surface area contributed by atoms with Crippen molar-refractivity contribution in [3.05, 3.63) is 144 Å². The molecule has 2 aliphatic rings. The maximum Gasteiger partial charge on any atom is 0.0361 e. The zero-order valence-corrected chi connectivity index (χ0v) is 26.2. The highest BCUT2D eigenvalue weighted by Crippen LogP contribution is 2.58. The van der Waals surface area contributed by atoms with Gasteiger partial charge in [0, 0.05) is 31.1 Å². The van der Waals surface area contributed by atoms with Gasteiger partial charge in [-0.05, 0) is 87.7 Å². The van der Waals surface area contributed by atoms with Gasteiger partial charge < -0.3 is 4.90 Å². The Morgan fingerprint density at radius 1 is 0.860 bits per heavy atom. The molecule has 0 aromatic heterocycles. The molecule has 1 heteroatoms. The van der Waals surface area contributed by atoms with Crippen LogP contribution in [-0.2, 0) is 5.41 Å². The van der Waals surface area contributed by atoms with Crippen LogP contribution in [0.15, 0.2) is 121 Å². The van der Waals surface area contributed by atoms with Crippen LogP contribution in [0.3, 0.4) is 0 Å². The Hall–Kier alpha value is -4.10. The Bertz CT molecular complexity index is 1690. The van der Waals surface area contributed by atoms with Crippen molar-refractivity contribution in [3.63, 3.8) is 0 Å². The number of fused-ring (bicyclic) bond motifs is 7. The van der Waals surface area contributed by atoms with Gasteiger partial charge in [0.25, 0.3) is 0 Å². The Morgan fingerprint density at radius 2 is 1.56 bits per heavy atom. The number of allylic oxidation sites excluding steroid dienone is 6. The van der Waals surface area contributed by atoms with E-state index in [1.54, 1.807) is 11.1 Å². The summed E-state index contributed by atoms with van der Waals surface area (Å²) in [6, 6.07) is 29.8. The lowest BCUT2D eigenvalue weighted by molar-refractivity contribution is 0.373. The summed E-state index contributed by atoms with van der Waals surface area (Å²) in [6.07, 6.45) is 22.4. The highest BCUT2D eigenvalue weighted by atomic mass is 15.1. The average molecular weight is 564 g/mol. The third-order valence-electron chi connectivity index (χ3n) is 9.74. The van der Waals surface area contributed by atoms with Crippen molar-refractivity contribution in [1.29, 1.82) is 0 Å². The summed E-state index contributed by atoms with van der Waals surface area (Å²) < 4.78 is 0. The maximum absolute atomic E-state index is 4.05. The normalized spacial score (nSPS) is 17.1. The molecule has 0 radical (unpaired) electrons. The fourth-order valence-electron chi connectivity index (χ4n) is 7.76. The average Bonchev–Trinajstić information content (AvgIpc) is 3.31. The number of hydrogen-bond acceptors (Lipinski definition) is 1. The minimum Gasteiger partial charge on any atom is -0.378 e. The van der Waals surface area contributed by atoms with Gasteiger partial charge in [-0.15, -0.1) is 0 Å². The molecule has 1 fully saturated rings. The molecule has 218 valence electrons. The van der Waals surface area contributed by atoms with E-state index >= 15 is 0 Å². The third kappa shape index (κ3) is 5.42. The van der Waals surface area contributed by atoms with E-state index in [0.29, 0.717) is 0 Å². The molecular weight excluding hydrogens is 518 g/mol. The van der Waals surface area contributed by atoms with Crippen LogP contribution in [-0.4, -0.2) is 14.1 Å². The third-order valence-corrected chi connectivity index (χ3v) is 9.74. The Labute approximate surface area is 259 Å². The molecule has 0 heterocycles. The maximum atomic E-state index is 4.05. The summed E-state index contributed by atoms with van der Waals surface area (Å²) in [6.45, 7) is 6.15.